The molecule has 0 fully saturated rings. The van der Waals surface area contributed by atoms with Crippen LogP contribution >= 0.6 is 35.0 Å². The van der Waals surface area contributed by atoms with Crippen molar-refractivity contribution in [1.29, 1.82) is 0 Å². The number of carbonyl (C=O) groups is 2. The van der Waals surface area contributed by atoms with E-state index in [0.29, 0.717) is 33.7 Å². The number of hydrogen-bond acceptors (Lipinski definition) is 5. The molecule has 0 unspecified atom stereocenters. The average molecular weight is 503 g/mol. The van der Waals surface area contributed by atoms with Crippen LogP contribution in [0.1, 0.15) is 46.4 Å². The molecule has 0 saturated carbocycles. The molecule has 172 valence electrons. The molecule has 1 amide bonds. The molecule has 0 bridgehead atoms. The average Bonchev–Trinajstić information content (AvgIpc) is 3.18. The standard InChI is InChI=1S/C24H24Cl2N4O2S/c1-4-12-30-22(28-29-24(30)33-14-20(31)16-8-6-5-7-9-16)21(15(2)3)27-23(32)18-11-10-17(25)13-19(18)26/h4-11,13,15,21H,1,12,14H2,2-3H3,(H,27,32)/t21-/m1/s1. The zero-order valence-electron chi connectivity index (χ0n) is 18.3. The molecule has 1 N–H and O–H groups in total. The van der Waals surface area contributed by atoms with Crippen LogP contribution in [0.4, 0.5) is 0 Å². The predicted octanol–water partition coefficient (Wildman–Crippen LogP) is 5.87. The quantitative estimate of drug-likeness (QED) is 0.213. The number of thioether (sulfide) groups is 1. The van der Waals surface area contributed by atoms with Crippen molar-refractivity contribution in [3.63, 3.8) is 0 Å². The van der Waals surface area contributed by atoms with Gasteiger partial charge in [0.25, 0.3) is 5.91 Å². The Morgan fingerprint density at radius 3 is 2.52 bits per heavy atom. The Labute approximate surface area is 207 Å². The van der Waals surface area contributed by atoms with Gasteiger partial charge in [-0.1, -0.05) is 85.2 Å². The minimum absolute atomic E-state index is 0.00129. The normalized spacial score (nSPS) is 11.9. The Morgan fingerprint density at radius 1 is 1.15 bits per heavy atom. The summed E-state index contributed by atoms with van der Waals surface area (Å²) in [5.74, 6) is 0.478. The first-order valence-electron chi connectivity index (χ1n) is 10.3. The van der Waals surface area contributed by atoms with Gasteiger partial charge in [0.15, 0.2) is 16.8 Å². The number of halogens is 2. The van der Waals surface area contributed by atoms with Crippen molar-refractivity contribution in [2.24, 2.45) is 5.92 Å². The molecule has 0 aliphatic heterocycles. The molecule has 1 atom stereocenters. The highest BCUT2D eigenvalue weighted by atomic mass is 35.5. The third-order valence-corrected chi connectivity index (χ3v) is 6.41. The minimum Gasteiger partial charge on any atom is -0.342 e. The molecule has 0 aliphatic carbocycles. The van der Waals surface area contributed by atoms with Gasteiger partial charge in [-0.2, -0.15) is 0 Å². The van der Waals surface area contributed by atoms with Crippen molar-refractivity contribution in [2.45, 2.75) is 31.6 Å². The van der Waals surface area contributed by atoms with Gasteiger partial charge in [-0.05, 0) is 24.1 Å². The Morgan fingerprint density at radius 2 is 1.88 bits per heavy atom. The maximum Gasteiger partial charge on any atom is 0.253 e. The monoisotopic (exact) mass is 502 g/mol. The second-order valence-corrected chi connectivity index (χ2v) is 9.42. The van der Waals surface area contributed by atoms with E-state index in [0.717, 1.165) is 0 Å². The fourth-order valence-corrected chi connectivity index (χ4v) is 4.54. The molecule has 1 aromatic heterocycles. The van der Waals surface area contributed by atoms with Crippen molar-refractivity contribution in [3.8, 4) is 0 Å². The first-order chi connectivity index (χ1) is 15.8. The SMILES string of the molecule is C=CCn1c(SCC(=O)c2ccccc2)nnc1[C@H](NC(=O)c1ccc(Cl)cc1Cl)C(C)C. The third-order valence-electron chi connectivity index (χ3n) is 4.89. The Bertz CT molecular complexity index is 1150. The van der Waals surface area contributed by atoms with E-state index in [1.54, 1.807) is 30.3 Å². The molecule has 1 heterocycles. The van der Waals surface area contributed by atoms with Crippen LogP contribution in [0.5, 0.6) is 0 Å². The summed E-state index contributed by atoms with van der Waals surface area (Å²) in [6.45, 7) is 8.22. The Balaban J connectivity index is 1.83. The number of aromatic nitrogens is 3. The zero-order chi connectivity index (χ0) is 24.0. The molecular weight excluding hydrogens is 479 g/mol. The van der Waals surface area contributed by atoms with E-state index in [2.05, 4.69) is 22.1 Å². The Kier molecular flexibility index (Phi) is 8.72. The van der Waals surface area contributed by atoms with Crippen LogP contribution in [0, 0.1) is 5.92 Å². The van der Waals surface area contributed by atoms with E-state index >= 15 is 0 Å². The number of benzene rings is 2. The number of hydrogen-bond donors (Lipinski definition) is 1. The maximum atomic E-state index is 12.9. The highest BCUT2D eigenvalue weighted by molar-refractivity contribution is 7.99. The van der Waals surface area contributed by atoms with Crippen LogP contribution < -0.4 is 5.32 Å². The lowest BCUT2D eigenvalue weighted by Gasteiger charge is -2.23. The molecule has 6 nitrogen and oxygen atoms in total. The topological polar surface area (TPSA) is 76.9 Å². The van der Waals surface area contributed by atoms with Crippen molar-refractivity contribution >= 4 is 46.7 Å². The highest BCUT2D eigenvalue weighted by Gasteiger charge is 2.27. The fourth-order valence-electron chi connectivity index (χ4n) is 3.20. The van der Waals surface area contributed by atoms with Crippen LogP contribution in [-0.4, -0.2) is 32.2 Å². The van der Waals surface area contributed by atoms with Crippen LogP contribution in [0.25, 0.3) is 0 Å². The van der Waals surface area contributed by atoms with Gasteiger partial charge in [-0.15, -0.1) is 16.8 Å². The van der Waals surface area contributed by atoms with E-state index in [1.165, 1.54) is 17.8 Å². The molecule has 0 radical (unpaired) electrons. The van der Waals surface area contributed by atoms with E-state index in [4.69, 9.17) is 23.2 Å². The lowest BCUT2D eigenvalue weighted by molar-refractivity contribution is 0.0921. The van der Waals surface area contributed by atoms with Gasteiger partial charge in [0, 0.05) is 17.1 Å². The number of ketones is 1. The van der Waals surface area contributed by atoms with Crippen LogP contribution in [0.3, 0.4) is 0 Å². The van der Waals surface area contributed by atoms with E-state index < -0.39 is 6.04 Å². The van der Waals surface area contributed by atoms with Gasteiger partial charge < -0.3 is 9.88 Å². The summed E-state index contributed by atoms with van der Waals surface area (Å²) in [5.41, 5.74) is 0.969. The van der Waals surface area contributed by atoms with E-state index in [9.17, 15) is 9.59 Å². The Hall–Kier alpha value is -2.61. The molecule has 0 aliphatic rings. The van der Waals surface area contributed by atoms with Gasteiger partial charge in [-0.25, -0.2) is 0 Å². The molecule has 0 spiro atoms. The largest absolute Gasteiger partial charge is 0.342 e. The third kappa shape index (κ3) is 6.25. The molecule has 9 heteroatoms. The number of amides is 1. The smallest absolute Gasteiger partial charge is 0.253 e. The summed E-state index contributed by atoms with van der Waals surface area (Å²) >= 11 is 13.5. The summed E-state index contributed by atoms with van der Waals surface area (Å²) in [6.07, 6.45) is 1.73. The van der Waals surface area contributed by atoms with Crippen molar-refractivity contribution in [1.82, 2.24) is 20.1 Å². The van der Waals surface area contributed by atoms with Gasteiger partial charge in [0.05, 0.1) is 22.4 Å². The number of Topliss-reactive ketones (excluding diaryl/α,β-unsaturated/α-hetero) is 1. The molecule has 0 saturated heterocycles. The number of allylic oxidation sites excluding steroid dienone is 1. The van der Waals surface area contributed by atoms with Crippen molar-refractivity contribution < 1.29 is 9.59 Å². The lowest BCUT2D eigenvalue weighted by atomic mass is 10.0. The summed E-state index contributed by atoms with van der Waals surface area (Å²) in [4.78, 5) is 25.5. The summed E-state index contributed by atoms with van der Waals surface area (Å²) in [7, 11) is 0. The van der Waals surface area contributed by atoms with Crippen molar-refractivity contribution in [2.75, 3.05) is 5.75 Å². The van der Waals surface area contributed by atoms with Crippen molar-refractivity contribution in [3.05, 3.63) is 88.2 Å². The number of nitrogens with one attached hydrogen (secondary N) is 1. The molecule has 3 rings (SSSR count). The number of nitrogens with zero attached hydrogens (tertiary/aromatic N) is 3. The summed E-state index contributed by atoms with van der Waals surface area (Å²) in [6, 6.07) is 13.4. The molecule has 3 aromatic rings. The second-order valence-electron chi connectivity index (χ2n) is 7.64. The van der Waals surface area contributed by atoms with E-state index in [1.807, 2.05) is 36.6 Å². The van der Waals surface area contributed by atoms with E-state index in [-0.39, 0.29) is 28.4 Å². The summed E-state index contributed by atoms with van der Waals surface area (Å²) in [5, 5.41) is 13.0. The van der Waals surface area contributed by atoms with Gasteiger partial charge in [0.2, 0.25) is 0 Å². The van der Waals surface area contributed by atoms with Gasteiger partial charge >= 0.3 is 0 Å². The van der Waals surface area contributed by atoms with Crippen LogP contribution in [0.2, 0.25) is 10.0 Å². The number of rotatable bonds is 10. The van der Waals surface area contributed by atoms with Crippen LogP contribution in [0.15, 0.2) is 66.3 Å². The predicted molar refractivity (Wildman–Crippen MR) is 133 cm³/mol. The highest BCUT2D eigenvalue weighted by Crippen LogP contribution is 2.27. The molecular formula is C24H24Cl2N4O2S. The van der Waals surface area contributed by atoms with Gasteiger partial charge in [-0.3, -0.25) is 9.59 Å². The summed E-state index contributed by atoms with van der Waals surface area (Å²) < 4.78 is 1.87. The number of carbonyl (C=O) groups excluding carboxylic acids is 2. The zero-order valence-corrected chi connectivity index (χ0v) is 20.6. The first kappa shape index (κ1) is 25.0. The molecule has 2 aromatic carbocycles. The second kappa shape index (κ2) is 11.5. The fraction of sp³-hybridized carbons (Fsp3) is 0.250. The van der Waals surface area contributed by atoms with Gasteiger partial charge in [0.1, 0.15) is 0 Å². The minimum atomic E-state index is -0.434. The first-order valence-corrected chi connectivity index (χ1v) is 12.1. The lowest BCUT2D eigenvalue weighted by Crippen LogP contribution is -2.34. The van der Waals surface area contributed by atoms with Crippen LogP contribution in [-0.2, 0) is 6.54 Å². The maximum absolute atomic E-state index is 12.9. The molecule has 33 heavy (non-hydrogen) atoms.